The van der Waals surface area contributed by atoms with Crippen molar-refractivity contribution in [2.75, 3.05) is 11.5 Å². The van der Waals surface area contributed by atoms with Crippen molar-refractivity contribution in [3.63, 3.8) is 0 Å². The van der Waals surface area contributed by atoms with Crippen LogP contribution >= 0.6 is 22.7 Å². The molecule has 21 heavy (non-hydrogen) atoms. The molecule has 0 bridgehead atoms. The minimum atomic E-state index is -0.121. The second kappa shape index (κ2) is 4.84. The second-order valence-electron chi connectivity index (χ2n) is 4.42. The van der Waals surface area contributed by atoms with Gasteiger partial charge in [0, 0.05) is 22.8 Å². The van der Waals surface area contributed by atoms with Crippen LogP contribution in [0.5, 0.6) is 0 Å². The number of carbonyl (C=O) groups is 1. The van der Waals surface area contributed by atoms with E-state index in [9.17, 15) is 10.1 Å². The van der Waals surface area contributed by atoms with E-state index in [2.05, 4.69) is 11.1 Å². The van der Waals surface area contributed by atoms with Crippen LogP contribution in [0.1, 0.15) is 22.2 Å². The van der Waals surface area contributed by atoms with Gasteiger partial charge in [-0.25, -0.2) is 4.98 Å². The number of aromatic nitrogens is 1. The zero-order chi connectivity index (χ0) is 15.1. The third-order valence-corrected chi connectivity index (χ3v) is 5.19. The number of carbonyl (C=O) groups excluding carboxylic acids is 1. The standard InChI is InChI=1S/C14H10N4OS2/c1-6(19)12-11(16)10-9(8-3-2-4-20-8)7(5-15)13(17)18-14(10)21-12/h2-4H,16H2,1H3,(H2,17,18). The number of hydrogen-bond acceptors (Lipinski definition) is 7. The van der Waals surface area contributed by atoms with E-state index in [1.54, 1.807) is 0 Å². The first-order valence-corrected chi connectivity index (χ1v) is 7.70. The molecule has 0 aliphatic rings. The van der Waals surface area contributed by atoms with Gasteiger partial charge in [0.2, 0.25) is 0 Å². The highest BCUT2D eigenvalue weighted by Gasteiger charge is 2.23. The minimum absolute atomic E-state index is 0.121. The zero-order valence-electron chi connectivity index (χ0n) is 11.0. The maximum absolute atomic E-state index is 11.7. The van der Waals surface area contributed by atoms with Crippen LogP contribution < -0.4 is 11.5 Å². The Kier molecular flexibility index (Phi) is 3.12. The van der Waals surface area contributed by atoms with Crippen molar-refractivity contribution in [3.05, 3.63) is 28.0 Å². The van der Waals surface area contributed by atoms with Crippen LogP contribution in [-0.2, 0) is 0 Å². The molecule has 0 atom stereocenters. The molecule has 0 radical (unpaired) electrons. The smallest absolute Gasteiger partial charge is 0.171 e. The van der Waals surface area contributed by atoms with Crippen LogP contribution in [0.2, 0.25) is 0 Å². The molecule has 7 heteroatoms. The number of nitrogen functional groups attached to an aromatic ring is 2. The first-order valence-electron chi connectivity index (χ1n) is 6.01. The average molecular weight is 314 g/mol. The fraction of sp³-hybridized carbons (Fsp3) is 0.0714. The van der Waals surface area contributed by atoms with E-state index in [-0.39, 0.29) is 11.6 Å². The Morgan fingerprint density at radius 1 is 1.43 bits per heavy atom. The molecule has 3 heterocycles. The summed E-state index contributed by atoms with van der Waals surface area (Å²) in [5.41, 5.74) is 13.3. The molecule has 0 amide bonds. The molecule has 4 N–H and O–H groups in total. The van der Waals surface area contributed by atoms with Gasteiger partial charge in [-0.05, 0) is 11.4 Å². The van der Waals surface area contributed by atoms with Crippen LogP contribution in [0.15, 0.2) is 17.5 Å². The monoisotopic (exact) mass is 314 g/mol. The van der Waals surface area contributed by atoms with Crippen LogP contribution in [0.3, 0.4) is 0 Å². The first-order chi connectivity index (χ1) is 10.0. The number of anilines is 2. The van der Waals surface area contributed by atoms with Crippen molar-refractivity contribution < 1.29 is 4.79 Å². The quantitative estimate of drug-likeness (QED) is 0.706. The van der Waals surface area contributed by atoms with Crippen LogP contribution in [0.4, 0.5) is 11.5 Å². The van der Waals surface area contributed by atoms with Gasteiger partial charge < -0.3 is 11.5 Å². The minimum Gasteiger partial charge on any atom is -0.397 e. The Morgan fingerprint density at radius 2 is 2.19 bits per heavy atom. The average Bonchev–Trinajstić information content (AvgIpc) is 3.06. The molecule has 0 aliphatic carbocycles. The summed E-state index contributed by atoms with van der Waals surface area (Å²) in [6, 6.07) is 5.87. The molecule has 3 rings (SSSR count). The first kappa shape index (κ1) is 13.5. The summed E-state index contributed by atoms with van der Waals surface area (Å²) in [5, 5.41) is 11.9. The van der Waals surface area contributed by atoms with Gasteiger partial charge in [-0.15, -0.1) is 22.7 Å². The molecule has 0 fully saturated rings. The van der Waals surface area contributed by atoms with E-state index in [0.29, 0.717) is 31.9 Å². The lowest BCUT2D eigenvalue weighted by Crippen LogP contribution is -1.99. The Labute approximate surface area is 128 Å². The molecule has 0 unspecified atom stereocenters. The van der Waals surface area contributed by atoms with Gasteiger partial charge in [-0.3, -0.25) is 4.79 Å². The number of hydrogen-bond donors (Lipinski definition) is 2. The molecule has 0 aliphatic heterocycles. The molecular formula is C14H10N4OS2. The lowest BCUT2D eigenvalue weighted by atomic mass is 10.0. The maximum Gasteiger partial charge on any atom is 0.171 e. The van der Waals surface area contributed by atoms with E-state index in [4.69, 9.17) is 11.5 Å². The summed E-state index contributed by atoms with van der Waals surface area (Å²) < 4.78 is 0. The summed E-state index contributed by atoms with van der Waals surface area (Å²) in [6.07, 6.45) is 0. The fourth-order valence-corrected chi connectivity index (χ4v) is 4.00. The van der Waals surface area contributed by atoms with Gasteiger partial charge in [0.1, 0.15) is 22.3 Å². The Bertz CT molecular complexity index is 904. The summed E-state index contributed by atoms with van der Waals surface area (Å²) in [7, 11) is 0. The summed E-state index contributed by atoms with van der Waals surface area (Å²) in [6.45, 7) is 1.46. The number of nitrogens with zero attached hydrogens (tertiary/aromatic N) is 2. The molecule has 0 spiro atoms. The third kappa shape index (κ3) is 1.96. The lowest BCUT2D eigenvalue weighted by molar-refractivity contribution is 0.102. The number of ketones is 1. The molecule has 104 valence electrons. The topological polar surface area (TPSA) is 106 Å². The number of Topliss-reactive ketones (excluding diaryl/α,β-unsaturated/α-hetero) is 1. The van der Waals surface area contributed by atoms with Gasteiger partial charge >= 0.3 is 0 Å². The van der Waals surface area contributed by atoms with Gasteiger partial charge in [-0.2, -0.15) is 5.26 Å². The van der Waals surface area contributed by atoms with E-state index in [1.165, 1.54) is 29.6 Å². The van der Waals surface area contributed by atoms with Crippen LogP contribution in [0.25, 0.3) is 20.7 Å². The van der Waals surface area contributed by atoms with Crippen molar-refractivity contribution >= 4 is 50.2 Å². The Hall–Kier alpha value is -2.43. The molecular weight excluding hydrogens is 304 g/mol. The normalized spacial score (nSPS) is 10.7. The molecule has 3 aromatic rings. The summed E-state index contributed by atoms with van der Waals surface area (Å²) in [4.78, 5) is 17.8. The highest BCUT2D eigenvalue weighted by molar-refractivity contribution is 7.21. The molecule has 3 aromatic heterocycles. The van der Waals surface area contributed by atoms with Crippen molar-refractivity contribution in [1.29, 1.82) is 5.26 Å². The molecule has 5 nitrogen and oxygen atoms in total. The number of nitrogens with two attached hydrogens (primary N) is 2. The van der Waals surface area contributed by atoms with Crippen molar-refractivity contribution in [2.24, 2.45) is 0 Å². The predicted molar refractivity (Wildman–Crippen MR) is 86.5 cm³/mol. The Morgan fingerprint density at radius 3 is 2.76 bits per heavy atom. The van der Waals surface area contributed by atoms with Crippen LogP contribution in [0, 0.1) is 11.3 Å². The molecule has 0 saturated heterocycles. The van der Waals surface area contributed by atoms with Crippen molar-refractivity contribution in [3.8, 4) is 16.5 Å². The van der Waals surface area contributed by atoms with Gasteiger partial charge in [0.05, 0.1) is 10.6 Å². The van der Waals surface area contributed by atoms with E-state index >= 15 is 0 Å². The number of pyridine rings is 1. The third-order valence-electron chi connectivity index (χ3n) is 3.10. The molecule has 0 aromatic carbocycles. The van der Waals surface area contributed by atoms with Crippen molar-refractivity contribution in [1.82, 2.24) is 4.98 Å². The number of thiophene rings is 2. The number of nitriles is 1. The fourth-order valence-electron chi connectivity index (χ4n) is 2.21. The number of rotatable bonds is 2. The van der Waals surface area contributed by atoms with Crippen LogP contribution in [-0.4, -0.2) is 10.8 Å². The predicted octanol–water partition coefficient (Wildman–Crippen LogP) is 3.26. The maximum atomic E-state index is 11.7. The van der Waals surface area contributed by atoms with E-state index in [1.807, 2.05) is 17.5 Å². The zero-order valence-corrected chi connectivity index (χ0v) is 12.6. The van der Waals surface area contributed by atoms with Gasteiger partial charge in [0.15, 0.2) is 5.78 Å². The lowest BCUT2D eigenvalue weighted by Gasteiger charge is -2.07. The Balaban J connectivity index is 2.52. The highest BCUT2D eigenvalue weighted by Crippen LogP contribution is 2.43. The summed E-state index contributed by atoms with van der Waals surface area (Å²) >= 11 is 2.69. The largest absolute Gasteiger partial charge is 0.397 e. The SMILES string of the molecule is CC(=O)c1sc2nc(N)c(C#N)c(-c3cccs3)c2c1N. The van der Waals surface area contributed by atoms with Crippen molar-refractivity contribution in [2.45, 2.75) is 6.92 Å². The second-order valence-corrected chi connectivity index (χ2v) is 6.36. The highest BCUT2D eigenvalue weighted by atomic mass is 32.1. The molecule has 0 saturated carbocycles. The van der Waals surface area contributed by atoms with Gasteiger partial charge in [0.25, 0.3) is 0 Å². The number of fused-ring (bicyclic) bond motifs is 1. The van der Waals surface area contributed by atoms with E-state index in [0.717, 1.165) is 4.88 Å². The van der Waals surface area contributed by atoms with E-state index < -0.39 is 0 Å². The summed E-state index contributed by atoms with van der Waals surface area (Å²) in [5.74, 6) is 0.0365. The van der Waals surface area contributed by atoms with Gasteiger partial charge in [-0.1, -0.05) is 6.07 Å².